The summed E-state index contributed by atoms with van der Waals surface area (Å²) in [5.74, 6) is 0. The largest absolute Gasteiger partial charge is 0.308 e. The Morgan fingerprint density at radius 3 is 2.55 bits per heavy atom. The number of aromatic nitrogens is 2. The van der Waals surface area contributed by atoms with Gasteiger partial charge in [0.1, 0.15) is 0 Å². The Balaban J connectivity index is 2.00. The van der Waals surface area contributed by atoms with Crippen LogP contribution in [0.1, 0.15) is 31.9 Å². The van der Waals surface area contributed by atoms with Gasteiger partial charge in [0.25, 0.3) is 0 Å². The van der Waals surface area contributed by atoms with Crippen LogP contribution in [0.2, 0.25) is 10.0 Å². The van der Waals surface area contributed by atoms with Gasteiger partial charge >= 0.3 is 0 Å². The van der Waals surface area contributed by atoms with Gasteiger partial charge < -0.3 is 5.32 Å². The molecule has 1 aromatic carbocycles. The van der Waals surface area contributed by atoms with Gasteiger partial charge in [0.05, 0.1) is 22.8 Å². The molecule has 0 amide bonds. The van der Waals surface area contributed by atoms with Crippen LogP contribution in [0.15, 0.2) is 30.6 Å². The number of nitrogens with one attached hydrogen (secondary N) is 1. The van der Waals surface area contributed by atoms with E-state index in [1.165, 1.54) is 5.56 Å². The Labute approximate surface area is 129 Å². The van der Waals surface area contributed by atoms with Crippen molar-refractivity contribution < 1.29 is 0 Å². The second-order valence-corrected chi connectivity index (χ2v) is 6.71. The molecule has 3 nitrogen and oxygen atoms in total. The van der Waals surface area contributed by atoms with Crippen molar-refractivity contribution in [1.29, 1.82) is 0 Å². The van der Waals surface area contributed by atoms with Crippen LogP contribution in [0.5, 0.6) is 0 Å². The molecule has 0 fully saturated rings. The van der Waals surface area contributed by atoms with E-state index in [1.807, 2.05) is 35.3 Å². The predicted molar refractivity (Wildman–Crippen MR) is 84.4 cm³/mol. The van der Waals surface area contributed by atoms with Crippen LogP contribution in [0.25, 0.3) is 0 Å². The van der Waals surface area contributed by atoms with Crippen molar-refractivity contribution in [3.8, 4) is 0 Å². The minimum Gasteiger partial charge on any atom is -0.308 e. The van der Waals surface area contributed by atoms with Gasteiger partial charge in [0.15, 0.2) is 0 Å². The van der Waals surface area contributed by atoms with Gasteiger partial charge in [0, 0.05) is 23.8 Å². The monoisotopic (exact) mass is 311 g/mol. The molecule has 0 saturated carbocycles. The van der Waals surface area contributed by atoms with Crippen molar-refractivity contribution in [2.24, 2.45) is 0 Å². The van der Waals surface area contributed by atoms with E-state index in [1.54, 1.807) is 0 Å². The van der Waals surface area contributed by atoms with E-state index in [2.05, 4.69) is 31.2 Å². The first kappa shape index (κ1) is 15.4. The number of hydrogen-bond donors (Lipinski definition) is 1. The maximum atomic E-state index is 6.01. The first-order valence-corrected chi connectivity index (χ1v) is 7.29. The summed E-state index contributed by atoms with van der Waals surface area (Å²) in [6, 6.07) is 5.65. The zero-order valence-corrected chi connectivity index (χ0v) is 13.5. The van der Waals surface area contributed by atoms with E-state index in [-0.39, 0.29) is 5.54 Å². The average Bonchev–Trinajstić information content (AvgIpc) is 2.78. The molecule has 1 heterocycles. The molecule has 2 aromatic rings. The lowest BCUT2D eigenvalue weighted by Crippen LogP contribution is -2.34. The normalized spacial score (nSPS) is 11.8. The highest BCUT2D eigenvalue weighted by Crippen LogP contribution is 2.22. The molecule has 1 N–H and O–H groups in total. The topological polar surface area (TPSA) is 29.9 Å². The van der Waals surface area contributed by atoms with Crippen LogP contribution in [-0.2, 0) is 13.1 Å². The molecule has 1 aromatic heterocycles. The van der Waals surface area contributed by atoms with E-state index < -0.39 is 0 Å². The summed E-state index contributed by atoms with van der Waals surface area (Å²) >= 11 is 11.9. The number of halogens is 2. The molecular formula is C15H19Cl2N3. The van der Waals surface area contributed by atoms with Gasteiger partial charge in [-0.1, -0.05) is 29.3 Å². The third-order valence-corrected chi connectivity index (χ3v) is 3.58. The van der Waals surface area contributed by atoms with Crippen LogP contribution in [0, 0.1) is 0 Å². The van der Waals surface area contributed by atoms with Crippen molar-refractivity contribution in [2.45, 2.75) is 39.4 Å². The summed E-state index contributed by atoms with van der Waals surface area (Å²) in [6.07, 6.45) is 3.93. The quantitative estimate of drug-likeness (QED) is 0.920. The van der Waals surface area contributed by atoms with E-state index in [9.17, 15) is 0 Å². The second kappa shape index (κ2) is 6.17. The van der Waals surface area contributed by atoms with E-state index in [0.29, 0.717) is 16.6 Å². The van der Waals surface area contributed by atoms with Crippen LogP contribution >= 0.6 is 23.2 Å². The highest BCUT2D eigenvalue weighted by Gasteiger charge is 2.09. The fourth-order valence-electron chi connectivity index (χ4n) is 1.78. The summed E-state index contributed by atoms with van der Waals surface area (Å²) in [6.45, 7) is 7.94. The average molecular weight is 312 g/mol. The van der Waals surface area contributed by atoms with Crippen molar-refractivity contribution in [3.63, 3.8) is 0 Å². The Morgan fingerprint density at radius 1 is 1.15 bits per heavy atom. The van der Waals surface area contributed by atoms with E-state index in [4.69, 9.17) is 23.2 Å². The Kier molecular flexibility index (Phi) is 4.74. The molecular weight excluding hydrogens is 293 g/mol. The molecule has 20 heavy (non-hydrogen) atoms. The molecule has 0 atom stereocenters. The lowest BCUT2D eigenvalue weighted by molar-refractivity contribution is 0.424. The minimum atomic E-state index is 0.103. The SMILES string of the molecule is CC(C)(C)NCc1cnn(Cc2ccc(Cl)c(Cl)c2)c1. The predicted octanol–water partition coefficient (Wildman–Crippen LogP) is 4.13. The second-order valence-electron chi connectivity index (χ2n) is 5.90. The molecule has 0 bridgehead atoms. The van der Waals surface area contributed by atoms with Crippen LogP contribution in [0.4, 0.5) is 0 Å². The molecule has 0 aliphatic rings. The van der Waals surface area contributed by atoms with Gasteiger partial charge in [-0.05, 0) is 38.5 Å². The van der Waals surface area contributed by atoms with E-state index in [0.717, 1.165) is 12.1 Å². The van der Waals surface area contributed by atoms with Gasteiger partial charge in [-0.3, -0.25) is 4.68 Å². The molecule has 2 rings (SSSR count). The lowest BCUT2D eigenvalue weighted by atomic mass is 10.1. The van der Waals surface area contributed by atoms with Crippen LogP contribution in [-0.4, -0.2) is 15.3 Å². The van der Waals surface area contributed by atoms with Crippen LogP contribution < -0.4 is 5.32 Å². The minimum absolute atomic E-state index is 0.103. The van der Waals surface area contributed by atoms with Gasteiger partial charge in [-0.2, -0.15) is 5.10 Å². The smallest absolute Gasteiger partial charge is 0.0660 e. The fraction of sp³-hybridized carbons (Fsp3) is 0.400. The summed E-state index contributed by atoms with van der Waals surface area (Å²) in [7, 11) is 0. The molecule has 108 valence electrons. The third-order valence-electron chi connectivity index (χ3n) is 2.84. The number of benzene rings is 1. The highest BCUT2D eigenvalue weighted by molar-refractivity contribution is 6.42. The Bertz CT molecular complexity index is 585. The molecule has 0 aliphatic carbocycles. The standard InChI is InChI=1S/C15H19Cl2N3/c1-15(2,3)18-7-12-8-19-20(10-12)9-11-4-5-13(16)14(17)6-11/h4-6,8,10,18H,7,9H2,1-3H3. The van der Waals surface area contributed by atoms with Crippen molar-refractivity contribution in [1.82, 2.24) is 15.1 Å². The molecule has 0 spiro atoms. The zero-order valence-electron chi connectivity index (χ0n) is 12.0. The summed E-state index contributed by atoms with van der Waals surface area (Å²) in [5, 5.41) is 8.95. The highest BCUT2D eigenvalue weighted by atomic mass is 35.5. The molecule has 5 heteroatoms. The maximum Gasteiger partial charge on any atom is 0.0660 e. The van der Waals surface area contributed by atoms with Crippen molar-refractivity contribution >= 4 is 23.2 Å². The molecule has 0 saturated heterocycles. The van der Waals surface area contributed by atoms with Crippen molar-refractivity contribution in [2.75, 3.05) is 0 Å². The number of rotatable bonds is 4. The van der Waals surface area contributed by atoms with E-state index >= 15 is 0 Å². The van der Waals surface area contributed by atoms with Gasteiger partial charge in [-0.25, -0.2) is 0 Å². The Hall–Kier alpha value is -1.03. The lowest BCUT2D eigenvalue weighted by Gasteiger charge is -2.19. The Morgan fingerprint density at radius 2 is 1.90 bits per heavy atom. The number of nitrogens with zero attached hydrogens (tertiary/aromatic N) is 2. The van der Waals surface area contributed by atoms with Crippen molar-refractivity contribution in [3.05, 3.63) is 51.8 Å². The maximum absolute atomic E-state index is 6.01. The first-order chi connectivity index (χ1) is 9.33. The fourth-order valence-corrected chi connectivity index (χ4v) is 2.10. The summed E-state index contributed by atoms with van der Waals surface area (Å²) < 4.78 is 1.90. The van der Waals surface area contributed by atoms with Crippen LogP contribution in [0.3, 0.4) is 0 Å². The zero-order chi connectivity index (χ0) is 14.8. The molecule has 0 radical (unpaired) electrons. The molecule has 0 aliphatic heterocycles. The molecule has 0 unspecified atom stereocenters. The first-order valence-electron chi connectivity index (χ1n) is 6.54. The van der Waals surface area contributed by atoms with Gasteiger partial charge in [0.2, 0.25) is 0 Å². The summed E-state index contributed by atoms with van der Waals surface area (Å²) in [5.41, 5.74) is 2.35. The third kappa shape index (κ3) is 4.51. The summed E-state index contributed by atoms with van der Waals surface area (Å²) in [4.78, 5) is 0. The van der Waals surface area contributed by atoms with Gasteiger partial charge in [-0.15, -0.1) is 0 Å². The number of hydrogen-bond acceptors (Lipinski definition) is 2.